The summed E-state index contributed by atoms with van der Waals surface area (Å²) in [6.45, 7) is 6.45. The monoisotopic (exact) mass is 431 g/mol. The van der Waals surface area contributed by atoms with Crippen molar-refractivity contribution >= 4 is 23.1 Å². The van der Waals surface area contributed by atoms with Gasteiger partial charge < -0.3 is 14.3 Å². The van der Waals surface area contributed by atoms with E-state index in [9.17, 15) is 14.7 Å². The van der Waals surface area contributed by atoms with Gasteiger partial charge in [-0.15, -0.1) is 0 Å². The van der Waals surface area contributed by atoms with Gasteiger partial charge in [0.15, 0.2) is 0 Å². The molecule has 1 aromatic heterocycles. The SMILES string of the molecule is CCCOc1ccc(/C(O)=C2/C(=O)C(=O)N(c3cccc(C)c3C)C2c2ccco2)cc1. The quantitative estimate of drug-likeness (QED) is 0.325. The molecule has 1 fully saturated rings. The van der Waals surface area contributed by atoms with E-state index in [1.54, 1.807) is 42.5 Å². The molecule has 0 bridgehead atoms. The Morgan fingerprint density at radius 3 is 2.47 bits per heavy atom. The average molecular weight is 431 g/mol. The van der Waals surface area contributed by atoms with Crippen LogP contribution in [0.1, 0.15) is 41.8 Å². The maximum absolute atomic E-state index is 13.2. The van der Waals surface area contributed by atoms with Crippen LogP contribution in [0.15, 0.2) is 70.9 Å². The number of rotatable bonds is 6. The van der Waals surface area contributed by atoms with Gasteiger partial charge in [0.1, 0.15) is 23.3 Å². The van der Waals surface area contributed by atoms with Gasteiger partial charge in [-0.05, 0) is 73.9 Å². The van der Waals surface area contributed by atoms with E-state index in [0.717, 1.165) is 17.5 Å². The maximum Gasteiger partial charge on any atom is 0.300 e. The van der Waals surface area contributed by atoms with Crippen molar-refractivity contribution in [1.29, 1.82) is 0 Å². The summed E-state index contributed by atoms with van der Waals surface area (Å²) in [5, 5.41) is 11.1. The molecule has 4 rings (SSSR count). The summed E-state index contributed by atoms with van der Waals surface area (Å²) in [5.74, 6) is -0.642. The predicted molar refractivity (Wildman–Crippen MR) is 122 cm³/mol. The Balaban J connectivity index is 1.84. The molecule has 0 saturated carbocycles. The van der Waals surface area contributed by atoms with Crippen LogP contribution in [0.4, 0.5) is 5.69 Å². The second kappa shape index (κ2) is 8.75. The topological polar surface area (TPSA) is 80.0 Å². The Labute approximate surface area is 186 Å². The van der Waals surface area contributed by atoms with E-state index in [1.807, 2.05) is 32.9 Å². The van der Waals surface area contributed by atoms with Crippen LogP contribution in [0.5, 0.6) is 5.75 Å². The Kier molecular flexibility index (Phi) is 5.86. The number of hydrogen-bond acceptors (Lipinski definition) is 5. The molecule has 1 atom stereocenters. The minimum atomic E-state index is -0.874. The lowest BCUT2D eigenvalue weighted by Crippen LogP contribution is -2.30. The van der Waals surface area contributed by atoms with Crippen LogP contribution in [0.2, 0.25) is 0 Å². The zero-order valence-corrected chi connectivity index (χ0v) is 18.3. The highest BCUT2D eigenvalue weighted by Crippen LogP contribution is 2.43. The smallest absolute Gasteiger partial charge is 0.300 e. The number of aliphatic hydroxyl groups excluding tert-OH is 1. The first-order chi connectivity index (χ1) is 15.4. The average Bonchev–Trinajstić information content (AvgIpc) is 3.41. The van der Waals surface area contributed by atoms with E-state index in [1.165, 1.54) is 11.2 Å². The molecule has 1 N–H and O–H groups in total. The van der Waals surface area contributed by atoms with Gasteiger partial charge in [0.05, 0.1) is 18.4 Å². The molecule has 3 aromatic rings. The van der Waals surface area contributed by atoms with E-state index in [0.29, 0.717) is 29.4 Å². The van der Waals surface area contributed by atoms with Crippen LogP contribution in [0.25, 0.3) is 5.76 Å². The fourth-order valence-electron chi connectivity index (χ4n) is 3.88. The summed E-state index contributed by atoms with van der Waals surface area (Å²) in [6.07, 6.45) is 2.37. The molecule has 6 nitrogen and oxygen atoms in total. The van der Waals surface area contributed by atoms with Gasteiger partial charge in [0.2, 0.25) is 0 Å². The van der Waals surface area contributed by atoms with Gasteiger partial charge in [0, 0.05) is 11.3 Å². The number of nitrogens with zero attached hydrogens (tertiary/aromatic N) is 1. The van der Waals surface area contributed by atoms with E-state index in [4.69, 9.17) is 9.15 Å². The number of aryl methyl sites for hydroxylation is 1. The Morgan fingerprint density at radius 1 is 1.06 bits per heavy atom. The third kappa shape index (κ3) is 3.68. The van der Waals surface area contributed by atoms with Crippen LogP contribution in [-0.4, -0.2) is 23.4 Å². The highest BCUT2D eigenvalue weighted by molar-refractivity contribution is 6.51. The largest absolute Gasteiger partial charge is 0.507 e. The highest BCUT2D eigenvalue weighted by Gasteiger charge is 2.48. The van der Waals surface area contributed by atoms with Gasteiger partial charge in [-0.3, -0.25) is 14.5 Å². The molecule has 0 aliphatic carbocycles. The second-order valence-corrected chi connectivity index (χ2v) is 7.78. The minimum absolute atomic E-state index is 0.00640. The zero-order valence-electron chi connectivity index (χ0n) is 18.3. The lowest BCUT2D eigenvalue weighted by atomic mass is 9.98. The number of aliphatic hydroxyl groups is 1. The Bertz CT molecular complexity index is 1180. The fraction of sp³-hybridized carbons (Fsp3) is 0.231. The predicted octanol–water partition coefficient (Wildman–Crippen LogP) is 5.31. The Morgan fingerprint density at radius 2 is 1.81 bits per heavy atom. The molecule has 1 aliphatic rings. The molecule has 1 unspecified atom stereocenters. The van der Waals surface area contributed by atoms with Crippen LogP contribution >= 0.6 is 0 Å². The highest BCUT2D eigenvalue weighted by atomic mass is 16.5. The lowest BCUT2D eigenvalue weighted by Gasteiger charge is -2.25. The van der Waals surface area contributed by atoms with Crippen LogP contribution in [0, 0.1) is 13.8 Å². The first kappa shape index (κ1) is 21.4. The summed E-state index contributed by atoms with van der Waals surface area (Å²) in [4.78, 5) is 27.7. The van der Waals surface area contributed by atoms with E-state index in [2.05, 4.69) is 0 Å². The number of anilines is 1. The number of ketones is 1. The molecule has 164 valence electrons. The third-order valence-corrected chi connectivity index (χ3v) is 5.69. The third-order valence-electron chi connectivity index (χ3n) is 5.69. The molecular weight excluding hydrogens is 406 g/mol. The second-order valence-electron chi connectivity index (χ2n) is 7.78. The van der Waals surface area contributed by atoms with E-state index < -0.39 is 17.7 Å². The molecule has 0 spiro atoms. The van der Waals surface area contributed by atoms with Crippen molar-refractivity contribution in [3.8, 4) is 5.75 Å². The van der Waals surface area contributed by atoms with Gasteiger partial charge in [0.25, 0.3) is 11.7 Å². The standard InChI is InChI=1S/C26H25NO5/c1-4-14-31-19-12-10-18(11-13-19)24(28)22-23(21-9-6-15-32-21)27(26(30)25(22)29)20-8-5-7-16(2)17(20)3/h5-13,15,23,28H,4,14H2,1-3H3/b24-22-. The lowest BCUT2D eigenvalue weighted by molar-refractivity contribution is -0.132. The number of furan rings is 1. The summed E-state index contributed by atoms with van der Waals surface area (Å²) < 4.78 is 11.2. The number of benzene rings is 2. The van der Waals surface area contributed by atoms with Crippen LogP contribution in [0.3, 0.4) is 0 Å². The van der Waals surface area contributed by atoms with Gasteiger partial charge in [-0.25, -0.2) is 0 Å². The molecule has 0 radical (unpaired) electrons. The van der Waals surface area contributed by atoms with Gasteiger partial charge >= 0.3 is 0 Å². The van der Waals surface area contributed by atoms with Crippen molar-refractivity contribution < 1.29 is 23.8 Å². The van der Waals surface area contributed by atoms with Crippen molar-refractivity contribution in [1.82, 2.24) is 0 Å². The normalized spacial score (nSPS) is 17.7. The van der Waals surface area contributed by atoms with Crippen LogP contribution < -0.4 is 9.64 Å². The van der Waals surface area contributed by atoms with Crippen molar-refractivity contribution in [2.45, 2.75) is 33.2 Å². The number of hydrogen-bond donors (Lipinski definition) is 1. The molecule has 6 heteroatoms. The number of carbonyl (C=O) groups excluding carboxylic acids is 2. The molecule has 32 heavy (non-hydrogen) atoms. The molecule has 2 aromatic carbocycles. The summed E-state index contributed by atoms with van der Waals surface area (Å²) in [6, 6.07) is 14.9. The van der Waals surface area contributed by atoms with Crippen molar-refractivity contribution in [3.63, 3.8) is 0 Å². The van der Waals surface area contributed by atoms with Crippen molar-refractivity contribution in [2.24, 2.45) is 0 Å². The number of amides is 1. The summed E-state index contributed by atoms with van der Waals surface area (Å²) >= 11 is 0. The van der Waals surface area contributed by atoms with E-state index in [-0.39, 0.29) is 11.3 Å². The molecule has 1 aliphatic heterocycles. The first-order valence-corrected chi connectivity index (χ1v) is 10.6. The van der Waals surface area contributed by atoms with E-state index >= 15 is 0 Å². The number of carbonyl (C=O) groups is 2. The number of ether oxygens (including phenoxy) is 1. The van der Waals surface area contributed by atoms with Gasteiger partial charge in [-0.2, -0.15) is 0 Å². The maximum atomic E-state index is 13.2. The van der Waals surface area contributed by atoms with Crippen molar-refractivity contribution in [2.75, 3.05) is 11.5 Å². The molecule has 2 heterocycles. The zero-order chi connectivity index (χ0) is 22.8. The minimum Gasteiger partial charge on any atom is -0.507 e. The molecule has 1 amide bonds. The first-order valence-electron chi connectivity index (χ1n) is 10.6. The molecule has 1 saturated heterocycles. The summed E-state index contributed by atoms with van der Waals surface area (Å²) in [5.41, 5.74) is 2.89. The van der Waals surface area contributed by atoms with Crippen molar-refractivity contribution in [3.05, 3.63) is 88.9 Å². The molecular formula is C26H25NO5. The fourth-order valence-corrected chi connectivity index (χ4v) is 3.88. The Hall–Kier alpha value is -3.80. The number of Topliss-reactive ketones (excluding diaryl/α,β-unsaturated/α-hetero) is 1. The summed E-state index contributed by atoms with van der Waals surface area (Å²) in [7, 11) is 0. The van der Waals surface area contributed by atoms with Crippen LogP contribution in [-0.2, 0) is 9.59 Å². The van der Waals surface area contributed by atoms with Gasteiger partial charge in [-0.1, -0.05) is 19.1 Å².